The first-order chi connectivity index (χ1) is 9.45. The molecule has 116 valence electrons. The highest BCUT2D eigenvalue weighted by atomic mass is 16.7. The summed E-state index contributed by atoms with van der Waals surface area (Å²) in [5.41, 5.74) is 0. The molecule has 0 amide bonds. The Hall–Kier alpha value is -1.22. The molecule has 0 aromatic carbocycles. The van der Waals surface area contributed by atoms with Gasteiger partial charge in [0.2, 0.25) is 0 Å². The topological polar surface area (TPSA) is 101 Å². The first kappa shape index (κ1) is 16.8. The zero-order chi connectivity index (χ0) is 15.1. The standard InChI is InChI=1S/C12H20O8/c1-7(13)18-6-9-10(19-8(2)14)11(12(15)20-9)17-5-4-16-3/h9-12,15H,4-6H2,1-3H3/t9-,10-,11-,12+/m1/s1. The molecular weight excluding hydrogens is 272 g/mol. The molecule has 1 saturated heterocycles. The quantitative estimate of drug-likeness (QED) is 0.482. The lowest BCUT2D eigenvalue weighted by molar-refractivity contribution is -0.160. The molecule has 1 N–H and O–H groups in total. The molecular formula is C12H20O8. The van der Waals surface area contributed by atoms with E-state index in [1.54, 1.807) is 0 Å². The van der Waals surface area contributed by atoms with Crippen molar-refractivity contribution in [3.8, 4) is 0 Å². The Labute approximate surface area is 116 Å². The highest BCUT2D eigenvalue weighted by Gasteiger charge is 2.47. The van der Waals surface area contributed by atoms with Gasteiger partial charge in [-0.2, -0.15) is 0 Å². The predicted molar refractivity (Wildman–Crippen MR) is 64.7 cm³/mol. The summed E-state index contributed by atoms with van der Waals surface area (Å²) in [7, 11) is 1.51. The van der Waals surface area contributed by atoms with Crippen LogP contribution >= 0.6 is 0 Å². The maximum atomic E-state index is 11.1. The Bertz CT molecular complexity index is 331. The smallest absolute Gasteiger partial charge is 0.303 e. The average molecular weight is 292 g/mol. The van der Waals surface area contributed by atoms with E-state index in [1.165, 1.54) is 21.0 Å². The van der Waals surface area contributed by atoms with E-state index < -0.39 is 36.5 Å². The second kappa shape index (κ2) is 8.15. The number of ether oxygens (including phenoxy) is 5. The summed E-state index contributed by atoms with van der Waals surface area (Å²) in [5.74, 6) is -1.03. The van der Waals surface area contributed by atoms with Gasteiger partial charge >= 0.3 is 11.9 Å². The molecule has 1 rings (SSSR count). The van der Waals surface area contributed by atoms with Gasteiger partial charge < -0.3 is 28.8 Å². The Kier molecular flexibility index (Phi) is 6.86. The highest BCUT2D eigenvalue weighted by Crippen LogP contribution is 2.26. The molecule has 0 aliphatic carbocycles. The lowest BCUT2D eigenvalue weighted by Gasteiger charge is -2.22. The molecule has 8 nitrogen and oxygen atoms in total. The monoisotopic (exact) mass is 292 g/mol. The van der Waals surface area contributed by atoms with Crippen LogP contribution in [0.15, 0.2) is 0 Å². The summed E-state index contributed by atoms with van der Waals surface area (Å²) in [4.78, 5) is 21.9. The van der Waals surface area contributed by atoms with Crippen LogP contribution in [0.5, 0.6) is 0 Å². The van der Waals surface area contributed by atoms with E-state index in [0.717, 1.165) is 0 Å². The van der Waals surface area contributed by atoms with Crippen LogP contribution in [0, 0.1) is 0 Å². The van der Waals surface area contributed by atoms with Crippen LogP contribution in [0.1, 0.15) is 13.8 Å². The largest absolute Gasteiger partial charge is 0.463 e. The molecule has 20 heavy (non-hydrogen) atoms. The molecule has 0 spiro atoms. The van der Waals surface area contributed by atoms with Crippen LogP contribution in [0.3, 0.4) is 0 Å². The fourth-order valence-electron chi connectivity index (χ4n) is 1.82. The van der Waals surface area contributed by atoms with Crippen molar-refractivity contribution < 1.29 is 38.4 Å². The lowest BCUT2D eigenvalue weighted by Crippen LogP contribution is -2.40. The molecule has 0 unspecified atom stereocenters. The van der Waals surface area contributed by atoms with E-state index in [2.05, 4.69) is 0 Å². The third kappa shape index (κ3) is 5.04. The summed E-state index contributed by atoms with van der Waals surface area (Å²) >= 11 is 0. The Morgan fingerprint density at radius 3 is 2.40 bits per heavy atom. The molecule has 1 aliphatic rings. The van der Waals surface area contributed by atoms with E-state index in [1.807, 2.05) is 0 Å². The van der Waals surface area contributed by atoms with Crippen molar-refractivity contribution in [2.45, 2.75) is 38.4 Å². The number of aliphatic hydroxyl groups excluding tert-OH is 1. The first-order valence-electron chi connectivity index (χ1n) is 6.20. The molecule has 0 radical (unpaired) electrons. The van der Waals surface area contributed by atoms with Gasteiger partial charge in [-0.3, -0.25) is 9.59 Å². The van der Waals surface area contributed by atoms with Crippen LogP contribution in [-0.4, -0.2) is 68.6 Å². The number of aliphatic hydroxyl groups is 1. The zero-order valence-electron chi connectivity index (χ0n) is 11.7. The summed E-state index contributed by atoms with van der Waals surface area (Å²) in [6.45, 7) is 2.89. The number of carbonyl (C=O) groups is 2. The van der Waals surface area contributed by atoms with Gasteiger partial charge in [0.25, 0.3) is 0 Å². The molecule has 1 aliphatic heterocycles. The van der Waals surface area contributed by atoms with Crippen molar-refractivity contribution in [3.63, 3.8) is 0 Å². The highest BCUT2D eigenvalue weighted by molar-refractivity contribution is 5.66. The van der Waals surface area contributed by atoms with Crippen LogP contribution in [0.25, 0.3) is 0 Å². The number of esters is 2. The van der Waals surface area contributed by atoms with Crippen LogP contribution in [0.2, 0.25) is 0 Å². The number of rotatable bonds is 7. The van der Waals surface area contributed by atoms with E-state index in [9.17, 15) is 14.7 Å². The molecule has 0 aromatic heterocycles. The predicted octanol–water partition coefficient (Wildman–Crippen LogP) is -0.770. The minimum absolute atomic E-state index is 0.130. The summed E-state index contributed by atoms with van der Waals surface area (Å²) in [6, 6.07) is 0. The van der Waals surface area contributed by atoms with Gasteiger partial charge in [-0.15, -0.1) is 0 Å². The normalized spacial score (nSPS) is 29.2. The summed E-state index contributed by atoms with van der Waals surface area (Å²) < 4.78 is 25.3. The minimum Gasteiger partial charge on any atom is -0.463 e. The Morgan fingerprint density at radius 1 is 1.15 bits per heavy atom. The number of carbonyl (C=O) groups excluding carboxylic acids is 2. The Balaban J connectivity index is 2.64. The van der Waals surface area contributed by atoms with E-state index in [-0.39, 0.29) is 13.2 Å². The molecule has 1 fully saturated rings. The van der Waals surface area contributed by atoms with Crippen molar-refractivity contribution in [1.82, 2.24) is 0 Å². The van der Waals surface area contributed by atoms with Crippen molar-refractivity contribution in [3.05, 3.63) is 0 Å². The fraction of sp³-hybridized carbons (Fsp3) is 0.833. The van der Waals surface area contributed by atoms with Gasteiger partial charge in [0.05, 0.1) is 13.2 Å². The van der Waals surface area contributed by atoms with Crippen molar-refractivity contribution >= 4 is 11.9 Å². The SMILES string of the molecule is COCCO[C@@H]1[C@H](OC(C)=O)[C@@H](COC(C)=O)O[C@@H]1O. The summed E-state index contributed by atoms with van der Waals surface area (Å²) in [5, 5.41) is 9.79. The van der Waals surface area contributed by atoms with Crippen molar-refractivity contribution in [1.29, 1.82) is 0 Å². The minimum atomic E-state index is -1.27. The van der Waals surface area contributed by atoms with Gasteiger partial charge in [0.15, 0.2) is 12.4 Å². The third-order valence-corrected chi connectivity index (χ3v) is 2.64. The van der Waals surface area contributed by atoms with Crippen LogP contribution in [-0.2, 0) is 33.3 Å². The number of hydrogen-bond donors (Lipinski definition) is 1. The maximum absolute atomic E-state index is 11.1. The van der Waals surface area contributed by atoms with E-state index in [4.69, 9.17) is 23.7 Å². The molecule has 0 saturated carbocycles. The molecule has 8 heteroatoms. The first-order valence-corrected chi connectivity index (χ1v) is 6.20. The van der Waals surface area contributed by atoms with Gasteiger partial charge in [0, 0.05) is 21.0 Å². The zero-order valence-corrected chi connectivity index (χ0v) is 11.7. The fourth-order valence-corrected chi connectivity index (χ4v) is 1.82. The van der Waals surface area contributed by atoms with Gasteiger partial charge in [-0.25, -0.2) is 0 Å². The molecule has 0 aromatic rings. The summed E-state index contributed by atoms with van der Waals surface area (Å²) in [6.07, 6.45) is -3.74. The molecule has 4 atom stereocenters. The van der Waals surface area contributed by atoms with Gasteiger partial charge in [-0.05, 0) is 0 Å². The maximum Gasteiger partial charge on any atom is 0.303 e. The second-order valence-corrected chi connectivity index (χ2v) is 4.27. The van der Waals surface area contributed by atoms with Crippen molar-refractivity contribution in [2.24, 2.45) is 0 Å². The van der Waals surface area contributed by atoms with E-state index >= 15 is 0 Å². The van der Waals surface area contributed by atoms with Gasteiger partial charge in [0.1, 0.15) is 18.8 Å². The van der Waals surface area contributed by atoms with Crippen LogP contribution < -0.4 is 0 Å². The Morgan fingerprint density at radius 2 is 1.85 bits per heavy atom. The van der Waals surface area contributed by atoms with Crippen LogP contribution in [0.4, 0.5) is 0 Å². The number of methoxy groups -OCH3 is 1. The van der Waals surface area contributed by atoms with Crippen molar-refractivity contribution in [2.75, 3.05) is 26.9 Å². The van der Waals surface area contributed by atoms with Gasteiger partial charge in [-0.1, -0.05) is 0 Å². The lowest BCUT2D eigenvalue weighted by atomic mass is 10.1. The number of hydrogen-bond acceptors (Lipinski definition) is 8. The second-order valence-electron chi connectivity index (χ2n) is 4.27. The molecule has 0 bridgehead atoms. The third-order valence-electron chi connectivity index (χ3n) is 2.64. The average Bonchev–Trinajstić information content (AvgIpc) is 2.64. The van der Waals surface area contributed by atoms with E-state index in [0.29, 0.717) is 6.61 Å². The molecule has 1 heterocycles.